The van der Waals surface area contributed by atoms with E-state index in [0.29, 0.717) is 6.04 Å². The van der Waals surface area contributed by atoms with Gasteiger partial charge in [0, 0.05) is 6.04 Å². The highest BCUT2D eigenvalue weighted by atomic mass is 14.7. The summed E-state index contributed by atoms with van der Waals surface area (Å²) >= 11 is 0. The van der Waals surface area contributed by atoms with Crippen LogP contribution in [0, 0.1) is 19.8 Å². The Kier molecular flexibility index (Phi) is 2.36. The van der Waals surface area contributed by atoms with Gasteiger partial charge >= 0.3 is 0 Å². The van der Waals surface area contributed by atoms with Crippen LogP contribution in [0.4, 0.5) is 0 Å². The first kappa shape index (κ1) is 9.72. The van der Waals surface area contributed by atoms with E-state index in [0.717, 1.165) is 11.8 Å². The van der Waals surface area contributed by atoms with Gasteiger partial charge in [-0.25, -0.2) is 0 Å². The van der Waals surface area contributed by atoms with E-state index in [4.69, 9.17) is 5.73 Å². The van der Waals surface area contributed by atoms with E-state index in [-0.39, 0.29) is 0 Å². The highest BCUT2D eigenvalue weighted by molar-refractivity contribution is 5.38. The van der Waals surface area contributed by atoms with Crippen molar-refractivity contribution in [1.82, 2.24) is 0 Å². The molecule has 1 heteroatoms. The lowest BCUT2D eigenvalue weighted by Crippen LogP contribution is -2.18. The van der Waals surface area contributed by atoms with Crippen LogP contribution in [0.25, 0.3) is 0 Å². The zero-order valence-corrected chi connectivity index (χ0v) is 9.25. The molecule has 1 aliphatic carbocycles. The Labute approximate surface area is 86.3 Å². The van der Waals surface area contributed by atoms with Gasteiger partial charge in [-0.1, -0.05) is 18.2 Å². The summed E-state index contributed by atoms with van der Waals surface area (Å²) in [5.41, 5.74) is 10.3. The van der Waals surface area contributed by atoms with E-state index in [1.54, 1.807) is 0 Å². The topological polar surface area (TPSA) is 26.0 Å². The third kappa shape index (κ3) is 1.57. The number of aryl methyl sites for hydroxylation is 1. The average molecular weight is 189 g/mol. The van der Waals surface area contributed by atoms with Crippen molar-refractivity contribution in [2.24, 2.45) is 11.7 Å². The third-order valence-electron chi connectivity index (χ3n) is 3.56. The molecule has 0 saturated heterocycles. The fourth-order valence-corrected chi connectivity index (χ4v) is 2.33. The quantitative estimate of drug-likeness (QED) is 0.760. The summed E-state index contributed by atoms with van der Waals surface area (Å²) in [5.74, 6) is 1.45. The molecule has 3 atom stereocenters. The van der Waals surface area contributed by atoms with Crippen molar-refractivity contribution in [3.63, 3.8) is 0 Å². The van der Waals surface area contributed by atoms with Crippen molar-refractivity contribution in [2.75, 3.05) is 0 Å². The van der Waals surface area contributed by atoms with E-state index >= 15 is 0 Å². The van der Waals surface area contributed by atoms with Crippen molar-refractivity contribution in [1.29, 1.82) is 0 Å². The molecule has 1 saturated carbocycles. The first-order valence-corrected chi connectivity index (χ1v) is 5.43. The van der Waals surface area contributed by atoms with Crippen molar-refractivity contribution >= 4 is 0 Å². The van der Waals surface area contributed by atoms with Gasteiger partial charge in [-0.15, -0.1) is 0 Å². The average Bonchev–Trinajstić information content (AvgIpc) is 2.89. The molecule has 0 amide bonds. The molecule has 3 unspecified atom stereocenters. The first-order valence-electron chi connectivity index (χ1n) is 5.43. The Morgan fingerprint density at radius 3 is 2.64 bits per heavy atom. The molecule has 0 aliphatic heterocycles. The summed E-state index contributed by atoms with van der Waals surface area (Å²) in [6.45, 7) is 6.53. The number of hydrogen-bond donors (Lipinski definition) is 1. The van der Waals surface area contributed by atoms with Crippen LogP contribution in [0.3, 0.4) is 0 Å². The van der Waals surface area contributed by atoms with Gasteiger partial charge in [0.25, 0.3) is 0 Å². The lowest BCUT2D eigenvalue weighted by molar-refractivity contribution is 0.631. The van der Waals surface area contributed by atoms with E-state index in [1.807, 2.05) is 0 Å². The van der Waals surface area contributed by atoms with Crippen LogP contribution in [-0.4, -0.2) is 6.04 Å². The number of benzene rings is 1. The molecule has 0 heterocycles. The number of rotatable bonds is 2. The maximum Gasteiger partial charge on any atom is 0.00448 e. The van der Waals surface area contributed by atoms with Crippen LogP contribution in [0.5, 0.6) is 0 Å². The Morgan fingerprint density at radius 1 is 1.36 bits per heavy atom. The molecule has 1 aliphatic rings. The van der Waals surface area contributed by atoms with Crippen molar-refractivity contribution < 1.29 is 0 Å². The summed E-state index contributed by atoms with van der Waals surface area (Å²) in [6, 6.07) is 6.95. The Balaban J connectivity index is 2.23. The molecule has 0 radical (unpaired) electrons. The second-order valence-corrected chi connectivity index (χ2v) is 4.65. The molecule has 1 aromatic carbocycles. The van der Waals surface area contributed by atoms with Crippen molar-refractivity contribution in [3.05, 3.63) is 34.9 Å². The molecule has 1 fully saturated rings. The molecule has 14 heavy (non-hydrogen) atoms. The minimum absolute atomic E-state index is 0.347. The van der Waals surface area contributed by atoms with E-state index in [2.05, 4.69) is 39.0 Å². The van der Waals surface area contributed by atoms with Gasteiger partial charge in [0.2, 0.25) is 0 Å². The zero-order chi connectivity index (χ0) is 10.3. The predicted molar refractivity (Wildman–Crippen MR) is 60.4 cm³/mol. The Morgan fingerprint density at radius 2 is 2.07 bits per heavy atom. The fraction of sp³-hybridized carbons (Fsp3) is 0.538. The third-order valence-corrected chi connectivity index (χ3v) is 3.56. The maximum atomic E-state index is 5.91. The van der Waals surface area contributed by atoms with Crippen molar-refractivity contribution in [3.8, 4) is 0 Å². The Bertz CT molecular complexity index is 341. The first-order chi connectivity index (χ1) is 6.61. The molecule has 1 nitrogen and oxygen atoms in total. The van der Waals surface area contributed by atoms with Gasteiger partial charge in [0.15, 0.2) is 0 Å². The van der Waals surface area contributed by atoms with Crippen LogP contribution in [0.2, 0.25) is 0 Å². The van der Waals surface area contributed by atoms with Gasteiger partial charge in [-0.2, -0.15) is 0 Å². The van der Waals surface area contributed by atoms with Gasteiger partial charge < -0.3 is 5.73 Å². The van der Waals surface area contributed by atoms with Crippen LogP contribution >= 0.6 is 0 Å². The molecular weight excluding hydrogens is 170 g/mol. The lowest BCUT2D eigenvalue weighted by atomic mass is 9.98. The van der Waals surface area contributed by atoms with Gasteiger partial charge in [0.1, 0.15) is 0 Å². The van der Waals surface area contributed by atoms with Gasteiger partial charge in [-0.3, -0.25) is 0 Å². The molecule has 0 spiro atoms. The second kappa shape index (κ2) is 3.39. The van der Waals surface area contributed by atoms with Crippen LogP contribution in [0.1, 0.15) is 36.0 Å². The molecule has 2 rings (SSSR count). The SMILES string of the molecule is Cc1cccc(C2CC2C(C)N)c1C. The summed E-state index contributed by atoms with van der Waals surface area (Å²) < 4.78 is 0. The highest BCUT2D eigenvalue weighted by Gasteiger charge is 2.41. The molecule has 0 aromatic heterocycles. The molecule has 0 bridgehead atoms. The summed E-state index contributed by atoms with van der Waals surface area (Å²) in [7, 11) is 0. The molecule has 76 valence electrons. The number of hydrogen-bond acceptors (Lipinski definition) is 1. The van der Waals surface area contributed by atoms with Crippen LogP contribution < -0.4 is 5.73 Å². The van der Waals surface area contributed by atoms with E-state index in [1.165, 1.54) is 23.1 Å². The predicted octanol–water partition coefficient (Wildman–Crippen LogP) is 2.75. The van der Waals surface area contributed by atoms with E-state index < -0.39 is 0 Å². The standard InChI is InChI=1S/C13H19N/c1-8-5-4-6-11(9(8)2)13-7-12(13)10(3)14/h4-6,10,12-13H,7,14H2,1-3H3. The van der Waals surface area contributed by atoms with Gasteiger partial charge in [0.05, 0.1) is 0 Å². The number of nitrogens with two attached hydrogens (primary N) is 1. The van der Waals surface area contributed by atoms with E-state index in [9.17, 15) is 0 Å². The molecular formula is C13H19N. The normalized spacial score (nSPS) is 27.4. The second-order valence-electron chi connectivity index (χ2n) is 4.65. The van der Waals surface area contributed by atoms with Crippen LogP contribution in [0.15, 0.2) is 18.2 Å². The van der Waals surface area contributed by atoms with Crippen molar-refractivity contribution in [2.45, 2.75) is 39.2 Å². The summed E-state index contributed by atoms with van der Waals surface area (Å²) in [4.78, 5) is 0. The zero-order valence-electron chi connectivity index (χ0n) is 9.25. The Hall–Kier alpha value is -0.820. The molecule has 1 aromatic rings. The monoisotopic (exact) mass is 189 g/mol. The fourth-order valence-electron chi connectivity index (χ4n) is 2.33. The smallest absolute Gasteiger partial charge is 0.00448 e. The van der Waals surface area contributed by atoms with Gasteiger partial charge in [-0.05, 0) is 55.7 Å². The minimum Gasteiger partial charge on any atom is -0.328 e. The summed E-state index contributed by atoms with van der Waals surface area (Å²) in [5, 5.41) is 0. The maximum absolute atomic E-state index is 5.91. The van der Waals surface area contributed by atoms with Crippen LogP contribution in [-0.2, 0) is 0 Å². The lowest BCUT2D eigenvalue weighted by Gasteiger charge is -2.09. The minimum atomic E-state index is 0.347. The summed E-state index contributed by atoms with van der Waals surface area (Å²) in [6.07, 6.45) is 1.28. The largest absolute Gasteiger partial charge is 0.328 e. The highest BCUT2D eigenvalue weighted by Crippen LogP contribution is 2.50. The molecule has 2 N–H and O–H groups in total.